The SMILES string of the molecule is CCOc1cc(/C=C2\SC(=O)N(CC(=O)Nc3ccccc3)C2=O)ccc1OC(=O)c1ccccc1. The van der Waals surface area contributed by atoms with Crippen molar-refractivity contribution in [3.8, 4) is 11.5 Å². The van der Waals surface area contributed by atoms with E-state index in [-0.39, 0.29) is 10.7 Å². The zero-order chi connectivity index (χ0) is 25.5. The molecule has 0 saturated carbocycles. The number of esters is 1. The van der Waals surface area contributed by atoms with Gasteiger partial charge in [-0.15, -0.1) is 0 Å². The summed E-state index contributed by atoms with van der Waals surface area (Å²) in [6, 6.07) is 22.2. The Hall–Kier alpha value is -4.37. The highest BCUT2D eigenvalue weighted by atomic mass is 32.2. The molecular weight excluding hydrogens is 480 g/mol. The lowest BCUT2D eigenvalue weighted by molar-refractivity contribution is -0.127. The molecule has 1 aliphatic heterocycles. The molecule has 1 N–H and O–H groups in total. The van der Waals surface area contributed by atoms with Crippen molar-refractivity contribution >= 4 is 46.5 Å². The van der Waals surface area contributed by atoms with Gasteiger partial charge in [0.1, 0.15) is 6.54 Å². The van der Waals surface area contributed by atoms with Crippen LogP contribution in [0.15, 0.2) is 83.8 Å². The van der Waals surface area contributed by atoms with Crippen LogP contribution in [0.2, 0.25) is 0 Å². The molecule has 182 valence electrons. The van der Waals surface area contributed by atoms with E-state index >= 15 is 0 Å². The van der Waals surface area contributed by atoms with Crippen molar-refractivity contribution in [3.63, 3.8) is 0 Å². The van der Waals surface area contributed by atoms with E-state index in [0.717, 1.165) is 16.7 Å². The van der Waals surface area contributed by atoms with Crippen molar-refractivity contribution in [1.82, 2.24) is 4.90 Å². The number of anilines is 1. The highest BCUT2D eigenvalue weighted by Gasteiger charge is 2.36. The molecule has 36 heavy (non-hydrogen) atoms. The van der Waals surface area contributed by atoms with Gasteiger partial charge in [0.05, 0.1) is 17.1 Å². The van der Waals surface area contributed by atoms with E-state index in [9.17, 15) is 19.2 Å². The second-order valence-electron chi connectivity index (χ2n) is 7.58. The van der Waals surface area contributed by atoms with Gasteiger partial charge in [-0.05, 0) is 66.7 Å². The monoisotopic (exact) mass is 502 g/mol. The van der Waals surface area contributed by atoms with E-state index in [1.165, 1.54) is 6.08 Å². The number of nitrogens with one attached hydrogen (secondary N) is 1. The van der Waals surface area contributed by atoms with Crippen LogP contribution in [0, 0.1) is 0 Å². The van der Waals surface area contributed by atoms with Crippen molar-refractivity contribution in [1.29, 1.82) is 0 Å². The van der Waals surface area contributed by atoms with Crippen LogP contribution in [0.1, 0.15) is 22.8 Å². The number of carbonyl (C=O) groups excluding carboxylic acids is 4. The second kappa shape index (κ2) is 11.4. The van der Waals surface area contributed by atoms with Gasteiger partial charge in [-0.3, -0.25) is 19.3 Å². The topological polar surface area (TPSA) is 102 Å². The molecule has 3 aromatic carbocycles. The molecule has 0 atom stereocenters. The van der Waals surface area contributed by atoms with Gasteiger partial charge in [-0.2, -0.15) is 0 Å². The highest BCUT2D eigenvalue weighted by Crippen LogP contribution is 2.35. The first-order chi connectivity index (χ1) is 17.4. The third-order valence-corrected chi connectivity index (χ3v) is 5.92. The number of rotatable bonds is 8. The highest BCUT2D eigenvalue weighted by molar-refractivity contribution is 8.18. The minimum Gasteiger partial charge on any atom is -0.490 e. The normalized spacial score (nSPS) is 14.1. The largest absolute Gasteiger partial charge is 0.490 e. The Morgan fingerprint density at radius 1 is 0.944 bits per heavy atom. The molecule has 8 nitrogen and oxygen atoms in total. The fourth-order valence-electron chi connectivity index (χ4n) is 3.35. The number of benzene rings is 3. The van der Waals surface area contributed by atoms with Crippen molar-refractivity contribution in [2.75, 3.05) is 18.5 Å². The minimum absolute atomic E-state index is 0.170. The first kappa shape index (κ1) is 24.7. The number of imide groups is 1. The summed E-state index contributed by atoms with van der Waals surface area (Å²) in [5.74, 6) is -1.02. The van der Waals surface area contributed by atoms with Crippen LogP contribution in [-0.4, -0.2) is 41.1 Å². The molecule has 0 aliphatic carbocycles. The van der Waals surface area contributed by atoms with E-state index in [0.29, 0.717) is 29.2 Å². The van der Waals surface area contributed by atoms with E-state index in [2.05, 4.69) is 5.32 Å². The standard InChI is InChI=1S/C27H22N2O6S/c1-2-34-22-15-18(13-14-21(22)35-26(32)19-9-5-3-6-10-19)16-23-25(31)29(27(33)36-23)17-24(30)28-20-11-7-4-8-12-20/h3-16H,2,17H2,1H3,(H,28,30)/b23-16-. The Bertz CT molecular complexity index is 1320. The lowest BCUT2D eigenvalue weighted by Crippen LogP contribution is -2.36. The number of carbonyl (C=O) groups is 4. The number of hydrogen-bond acceptors (Lipinski definition) is 7. The van der Waals surface area contributed by atoms with Crippen LogP contribution in [0.25, 0.3) is 6.08 Å². The third kappa shape index (κ3) is 6.00. The third-order valence-electron chi connectivity index (χ3n) is 5.01. The predicted octanol–water partition coefficient (Wildman–Crippen LogP) is 4.98. The lowest BCUT2D eigenvalue weighted by Gasteiger charge is -2.12. The molecule has 1 aliphatic rings. The van der Waals surface area contributed by atoms with Crippen LogP contribution in [-0.2, 0) is 9.59 Å². The number of hydrogen-bond donors (Lipinski definition) is 1. The average molecular weight is 503 g/mol. The number of amides is 3. The van der Waals surface area contributed by atoms with Crippen molar-refractivity contribution in [3.05, 3.63) is 94.9 Å². The van der Waals surface area contributed by atoms with Gasteiger partial charge in [-0.25, -0.2) is 4.79 Å². The summed E-state index contributed by atoms with van der Waals surface area (Å²) in [5.41, 5.74) is 1.53. The molecule has 3 amide bonds. The first-order valence-electron chi connectivity index (χ1n) is 11.1. The molecule has 1 heterocycles. The molecule has 0 bridgehead atoms. The second-order valence-corrected chi connectivity index (χ2v) is 8.57. The van der Waals surface area contributed by atoms with Gasteiger partial charge in [-0.1, -0.05) is 42.5 Å². The summed E-state index contributed by atoms with van der Waals surface area (Å²) >= 11 is 0.749. The molecule has 0 radical (unpaired) electrons. The Labute approximate surface area is 211 Å². The molecule has 3 aromatic rings. The van der Waals surface area contributed by atoms with Gasteiger partial charge >= 0.3 is 5.97 Å². The average Bonchev–Trinajstić information content (AvgIpc) is 3.14. The van der Waals surface area contributed by atoms with E-state index in [4.69, 9.17) is 9.47 Å². The summed E-state index contributed by atoms with van der Waals surface area (Å²) in [4.78, 5) is 51.1. The smallest absolute Gasteiger partial charge is 0.343 e. The number of ether oxygens (including phenoxy) is 2. The van der Waals surface area contributed by atoms with Gasteiger partial charge in [0.15, 0.2) is 11.5 Å². The maximum atomic E-state index is 12.8. The summed E-state index contributed by atoms with van der Waals surface area (Å²) in [6.45, 7) is 1.73. The summed E-state index contributed by atoms with van der Waals surface area (Å²) < 4.78 is 11.1. The number of nitrogens with zero attached hydrogens (tertiary/aromatic N) is 1. The molecule has 4 rings (SSSR count). The first-order valence-corrected chi connectivity index (χ1v) is 11.9. The van der Waals surface area contributed by atoms with Crippen molar-refractivity contribution in [2.45, 2.75) is 6.92 Å². The Balaban J connectivity index is 1.48. The summed E-state index contributed by atoms with van der Waals surface area (Å²) in [7, 11) is 0. The fourth-order valence-corrected chi connectivity index (χ4v) is 4.19. The zero-order valence-electron chi connectivity index (χ0n) is 19.3. The molecule has 0 spiro atoms. The minimum atomic E-state index is -0.564. The number of thioether (sulfide) groups is 1. The lowest BCUT2D eigenvalue weighted by atomic mass is 10.1. The molecule has 0 aromatic heterocycles. The van der Waals surface area contributed by atoms with Crippen LogP contribution >= 0.6 is 11.8 Å². The van der Waals surface area contributed by atoms with E-state index in [1.54, 1.807) is 79.7 Å². The zero-order valence-corrected chi connectivity index (χ0v) is 20.1. The summed E-state index contributed by atoms with van der Waals surface area (Å²) in [5, 5.41) is 2.12. The molecule has 1 fully saturated rings. The fraction of sp³-hybridized carbons (Fsp3) is 0.111. The van der Waals surface area contributed by atoms with Crippen LogP contribution in [0.4, 0.5) is 10.5 Å². The molecular formula is C27H22N2O6S. The Morgan fingerprint density at radius 3 is 2.33 bits per heavy atom. The van der Waals surface area contributed by atoms with Crippen molar-refractivity contribution in [2.24, 2.45) is 0 Å². The predicted molar refractivity (Wildman–Crippen MR) is 137 cm³/mol. The van der Waals surface area contributed by atoms with E-state index in [1.807, 2.05) is 6.07 Å². The van der Waals surface area contributed by atoms with Gasteiger partial charge < -0.3 is 14.8 Å². The number of para-hydroxylation sites is 1. The quantitative estimate of drug-likeness (QED) is 0.263. The Morgan fingerprint density at radius 2 is 1.64 bits per heavy atom. The van der Waals surface area contributed by atoms with Gasteiger partial charge in [0.2, 0.25) is 5.91 Å². The van der Waals surface area contributed by atoms with Gasteiger partial charge in [0.25, 0.3) is 11.1 Å². The maximum Gasteiger partial charge on any atom is 0.343 e. The Kier molecular flexibility index (Phi) is 7.82. The van der Waals surface area contributed by atoms with Crippen LogP contribution in [0.3, 0.4) is 0 Å². The van der Waals surface area contributed by atoms with Crippen LogP contribution < -0.4 is 14.8 Å². The molecule has 1 saturated heterocycles. The van der Waals surface area contributed by atoms with E-state index < -0.39 is 29.6 Å². The van der Waals surface area contributed by atoms with Gasteiger partial charge in [0, 0.05) is 5.69 Å². The van der Waals surface area contributed by atoms with Crippen molar-refractivity contribution < 1.29 is 28.7 Å². The molecule has 0 unspecified atom stereocenters. The summed E-state index contributed by atoms with van der Waals surface area (Å²) in [6.07, 6.45) is 1.53. The molecule has 9 heteroatoms. The maximum absolute atomic E-state index is 12.8. The van der Waals surface area contributed by atoms with Crippen LogP contribution in [0.5, 0.6) is 11.5 Å².